The molecule has 0 aromatic heterocycles. The Kier molecular flexibility index (Phi) is 7.19. The minimum atomic E-state index is -3.94. The number of amides is 1. The molecule has 4 rings (SSSR count). The zero-order valence-corrected chi connectivity index (χ0v) is 19.3. The predicted octanol–water partition coefficient (Wildman–Crippen LogP) is 3.54. The van der Waals surface area contributed by atoms with Crippen LogP contribution < -0.4 is 24.2 Å². The van der Waals surface area contributed by atoms with Gasteiger partial charge < -0.3 is 24.3 Å². The highest BCUT2D eigenvalue weighted by Crippen LogP contribution is 2.33. The number of hydrogen-bond acceptors (Lipinski definition) is 7. The van der Waals surface area contributed by atoms with Crippen LogP contribution in [0.25, 0.3) is 0 Å². The van der Waals surface area contributed by atoms with Crippen molar-refractivity contribution >= 4 is 27.3 Å². The number of fused-ring (bicyclic) bond motifs is 1. The van der Waals surface area contributed by atoms with E-state index < -0.39 is 15.9 Å². The van der Waals surface area contributed by atoms with Crippen molar-refractivity contribution in [1.29, 1.82) is 0 Å². The summed E-state index contributed by atoms with van der Waals surface area (Å²) in [4.78, 5) is 13.0. The predicted molar refractivity (Wildman–Crippen MR) is 126 cm³/mol. The van der Waals surface area contributed by atoms with Gasteiger partial charge in [-0.15, -0.1) is 0 Å². The molecule has 1 heterocycles. The third-order valence-corrected chi connectivity index (χ3v) is 6.29. The number of sulfonamides is 1. The van der Waals surface area contributed by atoms with Crippen LogP contribution in [0.5, 0.6) is 17.2 Å². The number of hydrogen-bond donors (Lipinski definition) is 2. The fraction of sp³-hybridized carbons (Fsp3) is 0.208. The molecule has 2 N–H and O–H groups in total. The second-order valence-electron chi connectivity index (χ2n) is 7.28. The van der Waals surface area contributed by atoms with Crippen LogP contribution in [-0.4, -0.2) is 47.9 Å². The van der Waals surface area contributed by atoms with Crippen molar-refractivity contribution in [3.8, 4) is 17.2 Å². The van der Waals surface area contributed by atoms with Gasteiger partial charge in [-0.3, -0.25) is 9.52 Å². The molecule has 10 heteroatoms. The minimum Gasteiger partial charge on any atom is -0.491 e. The van der Waals surface area contributed by atoms with Gasteiger partial charge in [0.25, 0.3) is 15.9 Å². The quantitative estimate of drug-likeness (QED) is 0.447. The van der Waals surface area contributed by atoms with Gasteiger partial charge >= 0.3 is 0 Å². The fourth-order valence-electron chi connectivity index (χ4n) is 3.25. The van der Waals surface area contributed by atoms with E-state index in [0.29, 0.717) is 49.4 Å². The van der Waals surface area contributed by atoms with E-state index >= 15 is 0 Å². The van der Waals surface area contributed by atoms with Gasteiger partial charge in [-0.05, 0) is 48.5 Å². The largest absolute Gasteiger partial charge is 0.491 e. The number of anilines is 2. The second kappa shape index (κ2) is 10.4. The van der Waals surface area contributed by atoms with Gasteiger partial charge in [0.2, 0.25) is 0 Å². The van der Waals surface area contributed by atoms with Gasteiger partial charge in [-0.1, -0.05) is 12.1 Å². The molecule has 0 saturated heterocycles. The maximum Gasteiger partial charge on any atom is 0.261 e. The Balaban J connectivity index is 1.49. The Labute approximate surface area is 197 Å². The molecule has 1 aliphatic rings. The molecule has 0 aliphatic carbocycles. The maximum absolute atomic E-state index is 13.0. The van der Waals surface area contributed by atoms with E-state index in [1.807, 2.05) is 0 Å². The monoisotopic (exact) mass is 484 g/mol. The topological polar surface area (TPSA) is 112 Å². The second-order valence-corrected chi connectivity index (χ2v) is 8.96. The lowest BCUT2D eigenvalue weighted by Gasteiger charge is -2.19. The molecule has 0 saturated carbocycles. The molecule has 0 unspecified atom stereocenters. The van der Waals surface area contributed by atoms with Crippen molar-refractivity contribution in [1.82, 2.24) is 0 Å². The normalized spacial score (nSPS) is 12.6. The summed E-state index contributed by atoms with van der Waals surface area (Å²) in [6, 6.07) is 17.4. The van der Waals surface area contributed by atoms with Gasteiger partial charge in [-0.25, -0.2) is 8.42 Å². The van der Waals surface area contributed by atoms with Gasteiger partial charge in [0, 0.05) is 18.9 Å². The van der Waals surface area contributed by atoms with Crippen molar-refractivity contribution in [2.75, 3.05) is 43.6 Å². The maximum atomic E-state index is 13.0. The van der Waals surface area contributed by atoms with Gasteiger partial charge in [0.1, 0.15) is 25.6 Å². The van der Waals surface area contributed by atoms with E-state index in [-0.39, 0.29) is 16.1 Å². The number of para-hydroxylation sites is 1. The van der Waals surface area contributed by atoms with Crippen LogP contribution in [0.4, 0.5) is 11.4 Å². The Morgan fingerprint density at radius 1 is 0.941 bits per heavy atom. The van der Waals surface area contributed by atoms with Gasteiger partial charge in [0.05, 0.1) is 22.8 Å². The summed E-state index contributed by atoms with van der Waals surface area (Å²) in [6.45, 7) is 1.67. The van der Waals surface area contributed by atoms with E-state index in [9.17, 15) is 13.2 Å². The Hall–Kier alpha value is -3.76. The summed E-state index contributed by atoms with van der Waals surface area (Å²) < 4.78 is 49.8. The molecule has 178 valence electrons. The minimum absolute atomic E-state index is 0.0358. The van der Waals surface area contributed by atoms with Crippen LogP contribution in [0.2, 0.25) is 0 Å². The number of rotatable bonds is 9. The first-order valence-electron chi connectivity index (χ1n) is 10.5. The van der Waals surface area contributed by atoms with Crippen molar-refractivity contribution in [3.63, 3.8) is 0 Å². The average Bonchev–Trinajstić information content (AvgIpc) is 2.84. The standard InChI is InChI=1S/C24H24N2O7S/c1-30-12-13-31-18-7-9-19(10-8-18)34(28,29)26-21-5-3-2-4-20(21)24(27)25-17-6-11-22-23(16-17)33-15-14-32-22/h2-11,16,26H,12-15H2,1H3,(H,25,27). The highest BCUT2D eigenvalue weighted by atomic mass is 32.2. The van der Waals surface area contributed by atoms with E-state index in [2.05, 4.69) is 10.0 Å². The first-order chi connectivity index (χ1) is 16.5. The Morgan fingerprint density at radius 3 is 2.44 bits per heavy atom. The molecule has 0 bridgehead atoms. The Morgan fingerprint density at radius 2 is 1.68 bits per heavy atom. The molecule has 1 aliphatic heterocycles. The number of benzene rings is 3. The molecule has 0 fully saturated rings. The summed E-state index contributed by atoms with van der Waals surface area (Å²) in [7, 11) is -2.37. The van der Waals surface area contributed by atoms with Crippen LogP contribution >= 0.6 is 0 Å². The molecular formula is C24H24N2O7S. The smallest absolute Gasteiger partial charge is 0.261 e. The molecule has 9 nitrogen and oxygen atoms in total. The van der Waals surface area contributed by atoms with Crippen molar-refractivity contribution < 1.29 is 32.2 Å². The summed E-state index contributed by atoms with van der Waals surface area (Å²) in [6.07, 6.45) is 0. The number of carbonyl (C=O) groups is 1. The van der Waals surface area contributed by atoms with E-state index in [4.69, 9.17) is 18.9 Å². The van der Waals surface area contributed by atoms with Crippen molar-refractivity contribution in [3.05, 3.63) is 72.3 Å². The zero-order valence-electron chi connectivity index (χ0n) is 18.4. The van der Waals surface area contributed by atoms with E-state index in [1.165, 1.54) is 24.3 Å². The summed E-state index contributed by atoms with van der Waals surface area (Å²) in [5.41, 5.74) is 0.814. The van der Waals surface area contributed by atoms with Crippen LogP contribution in [0, 0.1) is 0 Å². The van der Waals surface area contributed by atoms with E-state index in [1.54, 1.807) is 49.6 Å². The SMILES string of the molecule is COCCOc1ccc(S(=O)(=O)Nc2ccccc2C(=O)Nc2ccc3c(c2)OCCO3)cc1. The van der Waals surface area contributed by atoms with E-state index in [0.717, 1.165) is 0 Å². The molecule has 0 radical (unpaired) electrons. The fourth-order valence-corrected chi connectivity index (χ4v) is 4.33. The third-order valence-electron chi connectivity index (χ3n) is 4.91. The number of carbonyl (C=O) groups excluding carboxylic acids is 1. The first kappa shape index (κ1) is 23.4. The molecular weight excluding hydrogens is 460 g/mol. The lowest BCUT2D eigenvalue weighted by molar-refractivity contribution is 0.102. The highest BCUT2D eigenvalue weighted by Gasteiger charge is 2.20. The van der Waals surface area contributed by atoms with Crippen LogP contribution in [-0.2, 0) is 14.8 Å². The lowest BCUT2D eigenvalue weighted by Crippen LogP contribution is -2.19. The lowest BCUT2D eigenvalue weighted by atomic mass is 10.1. The van der Waals surface area contributed by atoms with Crippen molar-refractivity contribution in [2.24, 2.45) is 0 Å². The summed E-state index contributed by atoms with van der Waals surface area (Å²) in [5.74, 6) is 1.19. The van der Waals surface area contributed by atoms with Crippen molar-refractivity contribution in [2.45, 2.75) is 4.90 Å². The van der Waals surface area contributed by atoms with Gasteiger partial charge in [0.15, 0.2) is 11.5 Å². The first-order valence-corrected chi connectivity index (χ1v) is 12.0. The molecule has 0 spiro atoms. The molecule has 3 aromatic rings. The molecule has 0 atom stereocenters. The molecule has 3 aromatic carbocycles. The van der Waals surface area contributed by atoms with Crippen LogP contribution in [0.1, 0.15) is 10.4 Å². The number of nitrogens with one attached hydrogen (secondary N) is 2. The molecule has 34 heavy (non-hydrogen) atoms. The third kappa shape index (κ3) is 5.59. The number of methoxy groups -OCH3 is 1. The number of ether oxygens (including phenoxy) is 4. The molecule has 1 amide bonds. The summed E-state index contributed by atoms with van der Waals surface area (Å²) >= 11 is 0. The summed E-state index contributed by atoms with van der Waals surface area (Å²) in [5, 5.41) is 2.77. The van der Waals surface area contributed by atoms with Crippen LogP contribution in [0.3, 0.4) is 0 Å². The van der Waals surface area contributed by atoms with Gasteiger partial charge in [-0.2, -0.15) is 0 Å². The average molecular weight is 485 g/mol. The Bertz CT molecular complexity index is 1260. The highest BCUT2D eigenvalue weighted by molar-refractivity contribution is 7.92. The van der Waals surface area contributed by atoms with Crippen LogP contribution in [0.15, 0.2) is 71.6 Å². The zero-order chi connectivity index (χ0) is 24.0.